The van der Waals surface area contributed by atoms with Gasteiger partial charge in [0, 0.05) is 11.6 Å². The van der Waals surface area contributed by atoms with Crippen molar-refractivity contribution < 1.29 is 19.8 Å². The standard InChI is InChI=1S/C25H27N7O4/c1-14(31(28)17-8-6-16(13-33)7-9-17)23(26)20-4-3-5-21(30-20)24(27)15(2)32(29)18-10-11-19(25(35)36)22(34)12-18/h3-13,34H,26-29H2,1-2H3,(H,35,36)/b23-14-,24-15-. The zero-order valence-electron chi connectivity index (χ0n) is 19.7. The molecule has 3 aromatic rings. The summed E-state index contributed by atoms with van der Waals surface area (Å²) in [6.45, 7) is 3.39. The molecule has 11 nitrogen and oxygen atoms in total. The molecule has 0 aliphatic heterocycles. The number of hydrogen-bond acceptors (Lipinski definition) is 10. The number of benzene rings is 2. The molecule has 0 saturated carbocycles. The number of aromatic carboxylic acids is 1. The third-order valence-corrected chi connectivity index (χ3v) is 5.60. The van der Waals surface area contributed by atoms with Crippen LogP contribution < -0.4 is 33.2 Å². The molecule has 2 aromatic carbocycles. The molecular formula is C25H27N7O4. The second-order valence-corrected chi connectivity index (χ2v) is 7.86. The van der Waals surface area contributed by atoms with Crippen molar-refractivity contribution in [2.24, 2.45) is 23.2 Å². The van der Waals surface area contributed by atoms with Crippen LogP contribution in [-0.2, 0) is 0 Å². The van der Waals surface area contributed by atoms with E-state index in [1.807, 2.05) is 0 Å². The van der Waals surface area contributed by atoms with Crippen molar-refractivity contribution in [2.75, 3.05) is 10.0 Å². The smallest absolute Gasteiger partial charge is 0.339 e. The highest BCUT2D eigenvalue weighted by Crippen LogP contribution is 2.27. The van der Waals surface area contributed by atoms with Crippen molar-refractivity contribution in [3.8, 4) is 5.75 Å². The van der Waals surface area contributed by atoms with Gasteiger partial charge in [0.25, 0.3) is 0 Å². The molecule has 186 valence electrons. The quantitative estimate of drug-likeness (QED) is 0.154. The molecule has 0 bridgehead atoms. The van der Waals surface area contributed by atoms with Crippen LogP contribution in [0.15, 0.2) is 72.1 Å². The van der Waals surface area contributed by atoms with Gasteiger partial charge in [-0.2, -0.15) is 0 Å². The van der Waals surface area contributed by atoms with Gasteiger partial charge in [-0.25, -0.2) is 21.5 Å². The summed E-state index contributed by atoms with van der Waals surface area (Å²) in [6, 6.07) is 15.7. The number of anilines is 2. The molecule has 3 rings (SSSR count). The first-order chi connectivity index (χ1) is 17.0. The number of carbonyl (C=O) groups excluding carboxylic acids is 1. The Kier molecular flexibility index (Phi) is 7.58. The van der Waals surface area contributed by atoms with Crippen LogP contribution in [0.1, 0.15) is 46.0 Å². The largest absolute Gasteiger partial charge is 0.507 e. The van der Waals surface area contributed by atoms with Crippen LogP contribution in [0.5, 0.6) is 5.75 Å². The molecule has 0 saturated heterocycles. The summed E-state index contributed by atoms with van der Waals surface area (Å²) in [5.41, 5.74) is 16.2. The first kappa shape index (κ1) is 25.7. The van der Waals surface area contributed by atoms with Gasteiger partial charge in [0.2, 0.25) is 0 Å². The number of nitrogens with zero attached hydrogens (tertiary/aromatic N) is 3. The lowest BCUT2D eigenvalue weighted by molar-refractivity contribution is 0.0693. The Hall–Kier alpha value is -4.87. The maximum absolute atomic E-state index is 11.1. The molecule has 0 unspecified atom stereocenters. The third-order valence-electron chi connectivity index (χ3n) is 5.60. The minimum absolute atomic E-state index is 0.237. The maximum Gasteiger partial charge on any atom is 0.339 e. The van der Waals surface area contributed by atoms with Gasteiger partial charge < -0.3 is 21.7 Å². The summed E-state index contributed by atoms with van der Waals surface area (Å²) in [6.07, 6.45) is 0.743. The van der Waals surface area contributed by atoms with Crippen molar-refractivity contribution in [1.29, 1.82) is 0 Å². The Morgan fingerprint density at radius 2 is 1.36 bits per heavy atom. The Balaban J connectivity index is 1.92. The van der Waals surface area contributed by atoms with Crippen molar-refractivity contribution in [2.45, 2.75) is 13.8 Å². The summed E-state index contributed by atoms with van der Waals surface area (Å²) in [5, 5.41) is 21.7. The fourth-order valence-corrected chi connectivity index (χ4v) is 3.32. The number of allylic oxidation sites excluding steroid dienone is 2. The second-order valence-electron chi connectivity index (χ2n) is 7.86. The normalized spacial score (nSPS) is 12.3. The van der Waals surface area contributed by atoms with Gasteiger partial charge in [-0.05, 0) is 62.4 Å². The molecule has 0 amide bonds. The van der Waals surface area contributed by atoms with Crippen molar-refractivity contribution in [3.63, 3.8) is 0 Å². The Bertz CT molecular complexity index is 1370. The van der Waals surface area contributed by atoms with Crippen LogP contribution >= 0.6 is 0 Å². The molecule has 0 atom stereocenters. The highest BCUT2D eigenvalue weighted by atomic mass is 16.4. The van der Waals surface area contributed by atoms with Crippen molar-refractivity contribution >= 4 is 35.0 Å². The van der Waals surface area contributed by atoms with Gasteiger partial charge in [-0.3, -0.25) is 14.8 Å². The fraction of sp³-hybridized carbons (Fsp3) is 0.0800. The average molecular weight is 490 g/mol. The monoisotopic (exact) mass is 489 g/mol. The van der Waals surface area contributed by atoms with E-state index in [0.29, 0.717) is 45.4 Å². The Labute approximate surface area is 207 Å². The number of aldehydes is 1. The van der Waals surface area contributed by atoms with Crippen molar-refractivity contribution in [1.82, 2.24) is 4.98 Å². The van der Waals surface area contributed by atoms with E-state index in [1.54, 1.807) is 56.3 Å². The number of rotatable bonds is 8. The summed E-state index contributed by atoms with van der Waals surface area (Å²) in [4.78, 5) is 26.6. The van der Waals surface area contributed by atoms with Crippen molar-refractivity contribution in [3.05, 3.63) is 94.6 Å². The molecule has 0 fully saturated rings. The number of carboxylic acids is 1. The topological polar surface area (TPSA) is 198 Å². The van der Waals surface area contributed by atoms with Crippen LogP contribution in [0.4, 0.5) is 11.4 Å². The summed E-state index contributed by atoms with van der Waals surface area (Å²) in [7, 11) is 0. The molecule has 1 aromatic heterocycles. The van der Waals surface area contributed by atoms with Crippen LogP contribution in [-0.4, -0.2) is 27.5 Å². The minimum Gasteiger partial charge on any atom is -0.507 e. The summed E-state index contributed by atoms with van der Waals surface area (Å²) in [5.74, 6) is 10.7. The first-order valence-corrected chi connectivity index (χ1v) is 10.7. The number of carboxylic acid groups (broad SMARTS) is 1. The van der Waals surface area contributed by atoms with E-state index < -0.39 is 11.7 Å². The molecule has 1 heterocycles. The van der Waals surface area contributed by atoms with Gasteiger partial charge in [-0.15, -0.1) is 0 Å². The van der Waals surface area contributed by atoms with E-state index in [-0.39, 0.29) is 11.3 Å². The predicted molar refractivity (Wildman–Crippen MR) is 138 cm³/mol. The van der Waals surface area contributed by atoms with Crippen LogP contribution in [0, 0.1) is 0 Å². The zero-order chi connectivity index (χ0) is 26.6. The fourth-order valence-electron chi connectivity index (χ4n) is 3.32. The summed E-state index contributed by atoms with van der Waals surface area (Å²) < 4.78 is 0. The first-order valence-electron chi connectivity index (χ1n) is 10.7. The molecular weight excluding hydrogens is 462 g/mol. The molecule has 0 radical (unpaired) electrons. The highest BCUT2D eigenvalue weighted by Gasteiger charge is 2.16. The number of phenols is 1. The second kappa shape index (κ2) is 10.6. The van der Waals surface area contributed by atoms with E-state index in [9.17, 15) is 14.7 Å². The Morgan fingerprint density at radius 1 is 0.861 bits per heavy atom. The average Bonchev–Trinajstić information content (AvgIpc) is 2.90. The number of hydrogen-bond donors (Lipinski definition) is 6. The molecule has 36 heavy (non-hydrogen) atoms. The maximum atomic E-state index is 11.1. The summed E-state index contributed by atoms with van der Waals surface area (Å²) >= 11 is 0. The van der Waals surface area contributed by atoms with Crippen LogP contribution in [0.25, 0.3) is 11.4 Å². The molecule has 0 aliphatic carbocycles. The minimum atomic E-state index is -1.26. The van der Waals surface area contributed by atoms with Crippen LogP contribution in [0.3, 0.4) is 0 Å². The number of carbonyl (C=O) groups is 2. The SMILES string of the molecule is C/C(=C(/N)c1cccc(/C(N)=C(\C)N(N)c2ccc(C(=O)O)c(O)c2)n1)N(N)c1ccc(C=O)cc1. The third kappa shape index (κ3) is 5.27. The van der Waals surface area contributed by atoms with Crippen LogP contribution in [0.2, 0.25) is 0 Å². The van der Waals surface area contributed by atoms with Gasteiger partial charge in [0.05, 0.1) is 45.6 Å². The number of nitrogens with two attached hydrogens (primary N) is 4. The molecule has 10 N–H and O–H groups in total. The van der Waals surface area contributed by atoms with Gasteiger partial charge in [-0.1, -0.05) is 6.07 Å². The number of pyridine rings is 1. The van der Waals surface area contributed by atoms with Gasteiger partial charge in [0.15, 0.2) is 0 Å². The number of aromatic nitrogens is 1. The predicted octanol–water partition coefficient (Wildman–Crippen LogP) is 2.35. The lowest BCUT2D eigenvalue weighted by atomic mass is 10.1. The lowest BCUT2D eigenvalue weighted by Crippen LogP contribution is -2.31. The zero-order valence-corrected chi connectivity index (χ0v) is 19.7. The van der Waals surface area contributed by atoms with E-state index in [4.69, 9.17) is 28.3 Å². The Morgan fingerprint density at radius 3 is 1.83 bits per heavy atom. The molecule has 11 heteroatoms. The highest BCUT2D eigenvalue weighted by molar-refractivity contribution is 5.91. The van der Waals surface area contributed by atoms with E-state index in [0.717, 1.165) is 6.29 Å². The lowest BCUT2D eigenvalue weighted by Gasteiger charge is -2.23. The van der Waals surface area contributed by atoms with Gasteiger partial charge >= 0.3 is 5.97 Å². The van der Waals surface area contributed by atoms with E-state index in [1.165, 1.54) is 28.2 Å². The van der Waals surface area contributed by atoms with E-state index in [2.05, 4.69) is 4.98 Å². The number of hydrazine groups is 2. The van der Waals surface area contributed by atoms with E-state index >= 15 is 0 Å². The number of aromatic hydroxyl groups is 1. The molecule has 0 spiro atoms. The molecule has 0 aliphatic rings. The van der Waals surface area contributed by atoms with Gasteiger partial charge in [0.1, 0.15) is 17.6 Å².